The van der Waals surface area contributed by atoms with Crippen molar-refractivity contribution >= 4 is 5.97 Å². The van der Waals surface area contributed by atoms with Crippen molar-refractivity contribution in [1.82, 2.24) is 0 Å². The number of carbonyl (C=O) groups excluding carboxylic acids is 1. The van der Waals surface area contributed by atoms with Gasteiger partial charge >= 0.3 is 5.97 Å². The molecule has 1 N–H and O–H groups in total. The van der Waals surface area contributed by atoms with Crippen molar-refractivity contribution in [2.45, 2.75) is 45.8 Å². The van der Waals surface area contributed by atoms with Crippen molar-refractivity contribution in [3.8, 4) is 0 Å². The van der Waals surface area contributed by atoms with Crippen molar-refractivity contribution in [2.24, 2.45) is 5.41 Å². The molecule has 12 heavy (non-hydrogen) atoms. The summed E-state index contributed by atoms with van der Waals surface area (Å²) in [5.41, 5.74) is -1.15. The van der Waals surface area contributed by atoms with E-state index >= 15 is 0 Å². The monoisotopic (exact) mass is 172 g/mol. The van der Waals surface area contributed by atoms with E-state index in [-0.39, 0.29) is 5.97 Å². The first-order chi connectivity index (χ1) is 5.28. The third kappa shape index (κ3) is 1.33. The first-order valence-corrected chi connectivity index (χ1v) is 4.19. The lowest BCUT2D eigenvalue weighted by Crippen LogP contribution is -2.37. The van der Waals surface area contributed by atoms with Crippen LogP contribution in [0.1, 0.15) is 34.1 Å². The van der Waals surface area contributed by atoms with Crippen molar-refractivity contribution in [3.63, 3.8) is 0 Å². The van der Waals surface area contributed by atoms with Gasteiger partial charge < -0.3 is 9.84 Å². The number of aliphatic hydroxyl groups is 1. The number of esters is 1. The number of rotatable bonds is 1. The van der Waals surface area contributed by atoms with Crippen LogP contribution in [0.5, 0.6) is 0 Å². The lowest BCUT2D eigenvalue weighted by atomic mass is 9.82. The Hall–Kier alpha value is -0.570. The fourth-order valence-electron chi connectivity index (χ4n) is 1.57. The Labute approximate surface area is 72.7 Å². The summed E-state index contributed by atoms with van der Waals surface area (Å²) in [5, 5.41) is 9.38. The van der Waals surface area contributed by atoms with Gasteiger partial charge in [0, 0.05) is 6.42 Å². The van der Waals surface area contributed by atoms with E-state index in [2.05, 4.69) is 0 Å². The maximum absolute atomic E-state index is 11.3. The van der Waals surface area contributed by atoms with Crippen molar-refractivity contribution in [3.05, 3.63) is 0 Å². The van der Waals surface area contributed by atoms with E-state index in [4.69, 9.17) is 4.74 Å². The topological polar surface area (TPSA) is 46.5 Å². The quantitative estimate of drug-likeness (QED) is 0.602. The first kappa shape index (κ1) is 9.52. The molecule has 0 aromatic heterocycles. The maximum atomic E-state index is 11.3. The van der Waals surface area contributed by atoms with E-state index in [1.165, 1.54) is 0 Å². The fraction of sp³-hybridized carbons (Fsp3) is 0.889. The van der Waals surface area contributed by atoms with Gasteiger partial charge in [0.25, 0.3) is 0 Å². The van der Waals surface area contributed by atoms with Crippen LogP contribution in [-0.2, 0) is 9.53 Å². The number of carbonyl (C=O) groups is 1. The lowest BCUT2D eigenvalue weighted by Gasteiger charge is -2.26. The molecule has 0 aromatic rings. The summed E-state index contributed by atoms with van der Waals surface area (Å²) in [5.74, 6) is -0.217. The number of hydrogen-bond acceptors (Lipinski definition) is 3. The molecule has 1 aliphatic heterocycles. The minimum Gasteiger partial charge on any atom is -0.456 e. The summed E-state index contributed by atoms with van der Waals surface area (Å²) in [7, 11) is 0. The molecule has 0 aliphatic carbocycles. The molecular formula is C9H16O3. The normalized spacial score (nSPS) is 36.2. The Balaban J connectivity index is 2.85. The zero-order chi connectivity index (χ0) is 9.57. The van der Waals surface area contributed by atoms with Crippen molar-refractivity contribution < 1.29 is 14.6 Å². The third-order valence-corrected chi connectivity index (χ3v) is 2.56. The van der Waals surface area contributed by atoms with E-state index in [0.717, 1.165) is 0 Å². The van der Waals surface area contributed by atoms with E-state index in [1.54, 1.807) is 13.8 Å². The minimum absolute atomic E-state index is 0.217. The molecule has 2 atom stereocenters. The van der Waals surface area contributed by atoms with Crippen LogP contribution in [0.3, 0.4) is 0 Å². The molecule has 1 heterocycles. The highest BCUT2D eigenvalue weighted by molar-refractivity contribution is 5.78. The van der Waals surface area contributed by atoms with Gasteiger partial charge in [-0.3, -0.25) is 4.79 Å². The van der Waals surface area contributed by atoms with Gasteiger partial charge in [0.15, 0.2) is 0 Å². The zero-order valence-electron chi connectivity index (χ0n) is 8.05. The zero-order valence-corrected chi connectivity index (χ0v) is 8.05. The van der Waals surface area contributed by atoms with Crippen LogP contribution in [0.25, 0.3) is 0 Å². The molecule has 0 spiro atoms. The first-order valence-electron chi connectivity index (χ1n) is 4.19. The molecule has 2 unspecified atom stereocenters. The Morgan fingerprint density at radius 3 is 2.17 bits per heavy atom. The Bertz CT molecular complexity index is 208. The van der Waals surface area contributed by atoms with Gasteiger partial charge in [-0.15, -0.1) is 0 Å². The van der Waals surface area contributed by atoms with Gasteiger partial charge in [0.2, 0.25) is 0 Å². The molecule has 0 radical (unpaired) electrons. The maximum Gasteiger partial charge on any atom is 0.312 e. The molecule has 0 amide bonds. The summed E-state index contributed by atoms with van der Waals surface area (Å²) in [6, 6.07) is 0. The molecule has 1 saturated heterocycles. The highest BCUT2D eigenvalue weighted by Crippen LogP contribution is 2.41. The molecule has 70 valence electrons. The van der Waals surface area contributed by atoms with Crippen LogP contribution in [-0.4, -0.2) is 22.8 Å². The van der Waals surface area contributed by atoms with Crippen molar-refractivity contribution in [1.29, 1.82) is 0 Å². The van der Waals surface area contributed by atoms with Gasteiger partial charge in [0.1, 0.15) is 5.60 Å². The number of hydrogen-bond donors (Lipinski definition) is 1. The fourth-order valence-corrected chi connectivity index (χ4v) is 1.57. The third-order valence-electron chi connectivity index (χ3n) is 2.56. The largest absolute Gasteiger partial charge is 0.456 e. The molecule has 0 bridgehead atoms. The Morgan fingerprint density at radius 1 is 1.50 bits per heavy atom. The second-order valence-electron chi connectivity index (χ2n) is 4.44. The summed E-state index contributed by atoms with van der Waals surface area (Å²) in [4.78, 5) is 11.3. The van der Waals surface area contributed by atoms with Crippen LogP contribution < -0.4 is 0 Å². The molecule has 3 nitrogen and oxygen atoms in total. The number of cyclic esters (lactones) is 1. The van der Waals surface area contributed by atoms with Crippen LogP contribution in [0, 0.1) is 5.41 Å². The summed E-state index contributed by atoms with van der Waals surface area (Å²) in [6.45, 7) is 7.09. The molecule has 1 rings (SSSR count). The van der Waals surface area contributed by atoms with Crippen molar-refractivity contribution in [2.75, 3.05) is 0 Å². The standard InChI is InChI=1S/C9H16O3/c1-6(10)9(4)5-8(2,3)7(11)12-9/h6,10H,5H2,1-4H3. The van der Waals surface area contributed by atoms with Gasteiger partial charge in [-0.2, -0.15) is 0 Å². The predicted molar refractivity (Wildman–Crippen MR) is 44.6 cm³/mol. The average Bonchev–Trinajstić information content (AvgIpc) is 2.03. The van der Waals surface area contributed by atoms with Gasteiger partial charge in [-0.1, -0.05) is 0 Å². The van der Waals surface area contributed by atoms with E-state index < -0.39 is 17.1 Å². The lowest BCUT2D eigenvalue weighted by molar-refractivity contribution is -0.158. The van der Waals surface area contributed by atoms with Gasteiger partial charge in [-0.05, 0) is 27.7 Å². The minimum atomic E-state index is -0.694. The highest BCUT2D eigenvalue weighted by atomic mass is 16.6. The van der Waals surface area contributed by atoms with E-state index in [0.29, 0.717) is 6.42 Å². The summed E-state index contributed by atoms with van der Waals surface area (Å²) < 4.78 is 5.14. The SMILES string of the molecule is CC(O)C1(C)CC(C)(C)C(=O)O1. The molecule has 1 aliphatic rings. The number of ether oxygens (including phenoxy) is 1. The summed E-state index contributed by atoms with van der Waals surface area (Å²) >= 11 is 0. The highest BCUT2D eigenvalue weighted by Gasteiger charge is 2.51. The van der Waals surface area contributed by atoms with Crippen LogP contribution in [0.15, 0.2) is 0 Å². The molecule has 0 saturated carbocycles. The van der Waals surface area contributed by atoms with E-state index in [9.17, 15) is 9.90 Å². The summed E-state index contributed by atoms with van der Waals surface area (Å²) in [6.07, 6.45) is -0.0283. The smallest absolute Gasteiger partial charge is 0.312 e. The predicted octanol–water partition coefficient (Wildman–Crippen LogP) is 1.10. The second kappa shape index (κ2) is 2.46. The average molecular weight is 172 g/mol. The van der Waals surface area contributed by atoms with Gasteiger partial charge in [-0.25, -0.2) is 0 Å². The molecular weight excluding hydrogens is 156 g/mol. The molecule has 3 heteroatoms. The van der Waals surface area contributed by atoms with Crippen LogP contribution in [0.4, 0.5) is 0 Å². The van der Waals surface area contributed by atoms with Crippen LogP contribution in [0.2, 0.25) is 0 Å². The Kier molecular flexibility index (Phi) is 1.95. The Morgan fingerprint density at radius 2 is 2.00 bits per heavy atom. The van der Waals surface area contributed by atoms with Crippen LogP contribution >= 0.6 is 0 Å². The second-order valence-corrected chi connectivity index (χ2v) is 4.44. The molecule has 1 fully saturated rings. The van der Waals surface area contributed by atoms with Gasteiger partial charge in [0.05, 0.1) is 11.5 Å². The van der Waals surface area contributed by atoms with E-state index in [1.807, 2.05) is 13.8 Å². The number of aliphatic hydroxyl groups excluding tert-OH is 1. The molecule has 0 aromatic carbocycles.